The number of aliphatic hydroxyl groups is 1. The van der Waals surface area contributed by atoms with Crippen molar-refractivity contribution >= 4 is 6.41 Å². The lowest BCUT2D eigenvalue weighted by molar-refractivity contribution is -0.109. The minimum atomic E-state index is -0.593. The highest BCUT2D eigenvalue weighted by atomic mass is 16.3. The maximum absolute atomic E-state index is 9.95. The molecule has 0 saturated heterocycles. The zero-order valence-electron chi connectivity index (χ0n) is 7.68. The number of carbonyl (C=O) groups excluding carboxylic acids is 1. The molecule has 1 aromatic carbocycles. The summed E-state index contributed by atoms with van der Waals surface area (Å²) < 4.78 is 0. The van der Waals surface area contributed by atoms with E-state index in [9.17, 15) is 9.90 Å². The summed E-state index contributed by atoms with van der Waals surface area (Å²) in [4.78, 5) is 9.95. The second-order valence-electron chi connectivity index (χ2n) is 3.05. The zero-order valence-corrected chi connectivity index (χ0v) is 7.68. The molecule has 4 heteroatoms. The van der Waals surface area contributed by atoms with E-state index in [0.29, 0.717) is 12.8 Å². The van der Waals surface area contributed by atoms with Crippen molar-refractivity contribution in [2.75, 3.05) is 6.54 Å². The molecule has 14 heavy (non-hydrogen) atoms. The van der Waals surface area contributed by atoms with Crippen molar-refractivity contribution in [3.8, 4) is 5.75 Å². The minimum Gasteiger partial charge on any atom is -0.508 e. The van der Waals surface area contributed by atoms with Crippen molar-refractivity contribution in [1.82, 2.24) is 5.32 Å². The highest BCUT2D eigenvalue weighted by Crippen LogP contribution is 2.10. The number of carbonyl (C=O) groups is 1. The molecule has 4 nitrogen and oxygen atoms in total. The van der Waals surface area contributed by atoms with Crippen LogP contribution in [0.1, 0.15) is 5.56 Å². The van der Waals surface area contributed by atoms with E-state index in [2.05, 4.69) is 5.32 Å². The van der Waals surface area contributed by atoms with Crippen LogP contribution >= 0.6 is 0 Å². The van der Waals surface area contributed by atoms with Crippen molar-refractivity contribution in [2.24, 2.45) is 0 Å². The fourth-order valence-corrected chi connectivity index (χ4v) is 1.16. The Kier molecular flexibility index (Phi) is 3.94. The third-order valence-electron chi connectivity index (χ3n) is 1.84. The Hall–Kier alpha value is -1.55. The summed E-state index contributed by atoms with van der Waals surface area (Å²) in [6, 6.07) is 6.60. The molecule has 1 aromatic rings. The lowest BCUT2D eigenvalue weighted by Gasteiger charge is -2.09. The molecule has 0 unspecified atom stereocenters. The van der Waals surface area contributed by atoms with E-state index in [1.807, 2.05) is 0 Å². The van der Waals surface area contributed by atoms with Crippen LogP contribution in [-0.4, -0.2) is 29.3 Å². The van der Waals surface area contributed by atoms with Gasteiger partial charge >= 0.3 is 0 Å². The quantitative estimate of drug-likeness (QED) is 0.581. The normalized spacial score (nSPS) is 12.1. The van der Waals surface area contributed by atoms with Crippen LogP contribution in [0.25, 0.3) is 0 Å². The van der Waals surface area contributed by atoms with E-state index in [0.717, 1.165) is 5.56 Å². The van der Waals surface area contributed by atoms with Gasteiger partial charge in [-0.05, 0) is 17.7 Å². The average molecular weight is 195 g/mol. The summed E-state index contributed by atoms with van der Waals surface area (Å²) in [6.45, 7) is 0.240. The van der Waals surface area contributed by atoms with Gasteiger partial charge in [0.25, 0.3) is 0 Å². The van der Waals surface area contributed by atoms with Crippen molar-refractivity contribution in [1.29, 1.82) is 0 Å². The summed E-state index contributed by atoms with van der Waals surface area (Å²) in [6.07, 6.45) is 0.422. The van der Waals surface area contributed by atoms with Gasteiger partial charge in [0.2, 0.25) is 6.41 Å². The molecule has 0 aliphatic carbocycles. The van der Waals surface area contributed by atoms with Gasteiger partial charge in [0.15, 0.2) is 0 Å². The summed E-state index contributed by atoms with van der Waals surface area (Å²) >= 11 is 0. The van der Waals surface area contributed by atoms with Crippen LogP contribution in [0.3, 0.4) is 0 Å². The van der Waals surface area contributed by atoms with Crippen LogP contribution in [0.5, 0.6) is 5.75 Å². The third-order valence-corrected chi connectivity index (χ3v) is 1.84. The Morgan fingerprint density at radius 1 is 1.36 bits per heavy atom. The van der Waals surface area contributed by atoms with Gasteiger partial charge in [-0.3, -0.25) is 4.79 Å². The van der Waals surface area contributed by atoms with Gasteiger partial charge in [0, 0.05) is 13.0 Å². The number of nitrogens with one attached hydrogen (secondary N) is 1. The van der Waals surface area contributed by atoms with Gasteiger partial charge in [-0.25, -0.2) is 0 Å². The number of phenolic OH excluding ortho intramolecular Hbond substituents is 1. The number of aliphatic hydroxyl groups excluding tert-OH is 1. The first-order valence-corrected chi connectivity index (χ1v) is 4.35. The number of hydrogen-bond acceptors (Lipinski definition) is 3. The van der Waals surface area contributed by atoms with E-state index in [4.69, 9.17) is 5.11 Å². The SMILES string of the molecule is O=CNC[C@H](O)Cc1ccc(O)cc1. The molecule has 3 N–H and O–H groups in total. The first kappa shape index (κ1) is 10.5. The molecular formula is C10H13NO3. The van der Waals surface area contributed by atoms with E-state index in [1.54, 1.807) is 24.3 Å². The van der Waals surface area contributed by atoms with Gasteiger partial charge in [0.1, 0.15) is 5.75 Å². The molecular weight excluding hydrogens is 182 g/mol. The fraction of sp³-hybridized carbons (Fsp3) is 0.300. The Bertz CT molecular complexity index is 284. The Labute approximate surface area is 82.2 Å². The van der Waals surface area contributed by atoms with E-state index in [1.165, 1.54) is 0 Å². The summed E-state index contributed by atoms with van der Waals surface area (Å²) in [5.74, 6) is 0.203. The maximum atomic E-state index is 9.95. The molecule has 0 aliphatic heterocycles. The lowest BCUT2D eigenvalue weighted by Crippen LogP contribution is -2.27. The fourth-order valence-electron chi connectivity index (χ4n) is 1.16. The Morgan fingerprint density at radius 2 is 2.00 bits per heavy atom. The molecule has 0 aliphatic rings. The van der Waals surface area contributed by atoms with Crippen LogP contribution in [0.2, 0.25) is 0 Å². The molecule has 1 rings (SSSR count). The molecule has 0 heterocycles. The van der Waals surface area contributed by atoms with E-state index in [-0.39, 0.29) is 12.3 Å². The van der Waals surface area contributed by atoms with Crippen molar-refractivity contribution < 1.29 is 15.0 Å². The summed E-state index contributed by atoms with van der Waals surface area (Å²) in [7, 11) is 0. The highest BCUT2D eigenvalue weighted by molar-refractivity contribution is 5.45. The number of aromatic hydroxyl groups is 1. The summed E-state index contributed by atoms with van der Waals surface area (Å²) in [5, 5.41) is 20.8. The first-order valence-electron chi connectivity index (χ1n) is 4.35. The highest BCUT2D eigenvalue weighted by Gasteiger charge is 2.04. The number of hydrogen-bond donors (Lipinski definition) is 3. The monoisotopic (exact) mass is 195 g/mol. The van der Waals surface area contributed by atoms with Gasteiger partial charge in [-0.2, -0.15) is 0 Å². The predicted molar refractivity (Wildman–Crippen MR) is 51.9 cm³/mol. The Morgan fingerprint density at radius 3 is 2.57 bits per heavy atom. The lowest BCUT2D eigenvalue weighted by atomic mass is 10.1. The van der Waals surface area contributed by atoms with Gasteiger partial charge in [0.05, 0.1) is 6.10 Å². The summed E-state index contributed by atoms with van der Waals surface area (Å²) in [5.41, 5.74) is 0.919. The molecule has 0 bridgehead atoms. The molecule has 0 spiro atoms. The number of phenols is 1. The van der Waals surface area contributed by atoms with Crippen LogP contribution in [0.4, 0.5) is 0 Å². The third kappa shape index (κ3) is 3.45. The number of rotatable bonds is 5. The predicted octanol–water partition coefficient (Wildman–Crippen LogP) is 0.0416. The van der Waals surface area contributed by atoms with Gasteiger partial charge in [-0.1, -0.05) is 12.1 Å². The van der Waals surface area contributed by atoms with E-state index < -0.39 is 6.10 Å². The van der Waals surface area contributed by atoms with Crippen LogP contribution < -0.4 is 5.32 Å². The number of benzene rings is 1. The van der Waals surface area contributed by atoms with Crippen molar-refractivity contribution in [2.45, 2.75) is 12.5 Å². The second kappa shape index (κ2) is 5.24. The molecule has 76 valence electrons. The topological polar surface area (TPSA) is 69.6 Å². The maximum Gasteiger partial charge on any atom is 0.207 e. The van der Waals surface area contributed by atoms with Crippen LogP contribution in [-0.2, 0) is 11.2 Å². The van der Waals surface area contributed by atoms with Gasteiger partial charge in [-0.15, -0.1) is 0 Å². The Balaban J connectivity index is 2.43. The molecule has 1 atom stereocenters. The van der Waals surface area contributed by atoms with E-state index >= 15 is 0 Å². The smallest absolute Gasteiger partial charge is 0.207 e. The first-order chi connectivity index (χ1) is 6.72. The average Bonchev–Trinajstić information content (AvgIpc) is 2.18. The second-order valence-corrected chi connectivity index (χ2v) is 3.05. The zero-order chi connectivity index (χ0) is 10.4. The van der Waals surface area contributed by atoms with Crippen molar-refractivity contribution in [3.63, 3.8) is 0 Å². The minimum absolute atomic E-state index is 0.203. The standard InChI is InChI=1S/C10H13NO3/c12-7-11-6-10(14)5-8-1-3-9(13)4-2-8/h1-4,7,10,13-14H,5-6H2,(H,11,12)/t10-/m1/s1. The van der Waals surface area contributed by atoms with Crippen LogP contribution in [0.15, 0.2) is 24.3 Å². The largest absolute Gasteiger partial charge is 0.508 e. The van der Waals surface area contributed by atoms with Crippen LogP contribution in [0, 0.1) is 0 Å². The molecule has 0 aromatic heterocycles. The van der Waals surface area contributed by atoms with Gasteiger partial charge < -0.3 is 15.5 Å². The molecule has 1 amide bonds. The molecule has 0 radical (unpaired) electrons. The number of amides is 1. The molecule has 0 fully saturated rings. The van der Waals surface area contributed by atoms with Crippen molar-refractivity contribution in [3.05, 3.63) is 29.8 Å². The molecule has 0 saturated carbocycles.